The highest BCUT2D eigenvalue weighted by Gasteiger charge is 2.36. The highest BCUT2D eigenvalue weighted by atomic mass is 16.5. The number of methoxy groups -OCH3 is 2. The van der Waals surface area contributed by atoms with Crippen molar-refractivity contribution < 1.29 is 33.3 Å². The fraction of sp³-hybridized carbons (Fsp3) is 0.343. The first kappa shape index (κ1) is 30.8. The zero-order chi connectivity index (χ0) is 32.5. The van der Waals surface area contributed by atoms with Gasteiger partial charge in [0.1, 0.15) is 29.1 Å². The number of rotatable bonds is 3. The molecule has 7 rings (SSSR count). The van der Waals surface area contributed by atoms with Crippen LogP contribution in [0, 0.1) is 13.8 Å². The summed E-state index contributed by atoms with van der Waals surface area (Å²) in [6.45, 7) is 4.48. The van der Waals surface area contributed by atoms with Crippen LogP contribution in [0.5, 0.6) is 23.0 Å². The third-order valence-corrected chi connectivity index (χ3v) is 8.90. The van der Waals surface area contributed by atoms with Gasteiger partial charge in [0.2, 0.25) is 0 Å². The number of piperidine rings is 1. The van der Waals surface area contributed by atoms with E-state index in [1.807, 2.05) is 55.8 Å². The molecule has 240 valence electrons. The van der Waals surface area contributed by atoms with E-state index in [1.54, 1.807) is 43.4 Å². The van der Waals surface area contributed by atoms with Gasteiger partial charge in [0.25, 0.3) is 17.7 Å². The standard InChI is InChI=1S/C35H38N4O7/c1-20-6-7-22-14-30(20)45-19-32(40)36-17-23-8-9-25(16-31(23)44-5)46-29-12-13-39(18-27(29)37-34(22)41)35(42)33-21(2)38(3)28-11-10-24(43-4)15-26(28)33/h6-11,14-16,27,29H,12-13,17-19H2,1-5H3,(H,36,40)(H,37,41)/t27-,29+/m0/s1. The third kappa shape index (κ3) is 5.92. The number of nitrogens with zero attached hydrogens (tertiary/aromatic N) is 2. The number of ether oxygens (including phenoxy) is 4. The molecular formula is C35H38N4O7. The van der Waals surface area contributed by atoms with E-state index in [9.17, 15) is 14.4 Å². The van der Waals surface area contributed by atoms with Crippen LogP contribution in [0.3, 0.4) is 0 Å². The van der Waals surface area contributed by atoms with Crippen LogP contribution in [0.4, 0.5) is 0 Å². The number of amides is 3. The molecule has 3 aliphatic rings. The van der Waals surface area contributed by atoms with Gasteiger partial charge in [0.15, 0.2) is 6.61 Å². The van der Waals surface area contributed by atoms with Crippen LogP contribution < -0.4 is 29.6 Å². The molecule has 11 heteroatoms. The van der Waals surface area contributed by atoms with Crippen molar-refractivity contribution in [3.63, 3.8) is 0 Å². The zero-order valence-electron chi connectivity index (χ0n) is 26.6. The molecule has 2 atom stereocenters. The first-order valence-electron chi connectivity index (χ1n) is 15.2. The number of hydrogen-bond donors (Lipinski definition) is 2. The van der Waals surface area contributed by atoms with Gasteiger partial charge >= 0.3 is 0 Å². The molecule has 1 aromatic heterocycles. The van der Waals surface area contributed by atoms with E-state index < -0.39 is 12.1 Å². The van der Waals surface area contributed by atoms with Gasteiger partial charge in [-0.15, -0.1) is 0 Å². The minimum Gasteiger partial charge on any atom is -0.497 e. The zero-order valence-corrected chi connectivity index (χ0v) is 26.6. The van der Waals surface area contributed by atoms with Gasteiger partial charge in [0, 0.05) is 66.9 Å². The summed E-state index contributed by atoms with van der Waals surface area (Å²) in [6, 6.07) is 15.7. The summed E-state index contributed by atoms with van der Waals surface area (Å²) in [4.78, 5) is 42.2. The molecule has 0 saturated carbocycles. The van der Waals surface area contributed by atoms with Crippen molar-refractivity contribution in [1.82, 2.24) is 20.1 Å². The van der Waals surface area contributed by atoms with Crippen LogP contribution in [-0.4, -0.2) is 73.3 Å². The lowest BCUT2D eigenvalue weighted by Gasteiger charge is -2.39. The quantitative estimate of drug-likeness (QED) is 0.354. The topological polar surface area (TPSA) is 120 Å². The van der Waals surface area contributed by atoms with Gasteiger partial charge in [0.05, 0.1) is 25.8 Å². The maximum absolute atomic E-state index is 14.2. The summed E-state index contributed by atoms with van der Waals surface area (Å²) in [5, 5.41) is 6.80. The number of hydrogen-bond acceptors (Lipinski definition) is 7. The summed E-state index contributed by atoms with van der Waals surface area (Å²) >= 11 is 0. The molecule has 1 fully saturated rings. The van der Waals surface area contributed by atoms with E-state index >= 15 is 0 Å². The fourth-order valence-electron chi connectivity index (χ4n) is 6.16. The molecule has 0 spiro atoms. The van der Waals surface area contributed by atoms with E-state index in [0.717, 1.165) is 27.7 Å². The van der Waals surface area contributed by atoms with E-state index in [4.69, 9.17) is 18.9 Å². The van der Waals surface area contributed by atoms with Crippen LogP contribution in [0.15, 0.2) is 54.6 Å². The molecule has 3 aromatic carbocycles. The Balaban J connectivity index is 1.35. The highest BCUT2D eigenvalue weighted by Crippen LogP contribution is 2.32. The van der Waals surface area contributed by atoms with Crippen LogP contribution >= 0.6 is 0 Å². The Bertz CT molecular complexity index is 1830. The SMILES string of the molecule is COc1ccc2c(c1)c(C(=O)N1CC[C@H]3Oc4ccc(c(OC)c4)CNC(=O)COc4cc(ccc4C)C(=O)N[C@H]3C1)c(C)n2C. The first-order valence-corrected chi connectivity index (χ1v) is 15.2. The van der Waals surface area contributed by atoms with Gasteiger partial charge in [-0.05, 0) is 61.9 Å². The Labute approximate surface area is 267 Å². The van der Waals surface area contributed by atoms with Crippen LogP contribution in [0.25, 0.3) is 10.9 Å². The molecule has 0 aliphatic carbocycles. The normalized spacial score (nSPS) is 18.5. The summed E-state index contributed by atoms with van der Waals surface area (Å²) < 4.78 is 25.4. The third-order valence-electron chi connectivity index (χ3n) is 8.90. The highest BCUT2D eigenvalue weighted by molar-refractivity contribution is 6.09. The van der Waals surface area contributed by atoms with Crippen LogP contribution in [0.1, 0.15) is 44.0 Å². The Kier molecular flexibility index (Phi) is 8.48. The number of carbonyl (C=O) groups is 3. The Hall–Kier alpha value is -5.19. The number of fused-ring (bicyclic) bond motifs is 8. The lowest BCUT2D eigenvalue weighted by molar-refractivity contribution is -0.123. The second-order valence-electron chi connectivity index (χ2n) is 11.7. The predicted molar refractivity (Wildman–Crippen MR) is 172 cm³/mol. The van der Waals surface area contributed by atoms with Gasteiger partial charge < -0.3 is 39.0 Å². The molecule has 4 aromatic rings. The van der Waals surface area contributed by atoms with Gasteiger partial charge in [-0.1, -0.05) is 6.07 Å². The predicted octanol–water partition coefficient (Wildman–Crippen LogP) is 3.91. The summed E-state index contributed by atoms with van der Waals surface area (Å²) in [6.07, 6.45) is 0.0421. The van der Waals surface area contributed by atoms with E-state index in [1.165, 1.54) is 0 Å². The smallest absolute Gasteiger partial charge is 0.258 e. The Morgan fingerprint density at radius 3 is 2.61 bits per heavy atom. The monoisotopic (exact) mass is 626 g/mol. The fourth-order valence-corrected chi connectivity index (χ4v) is 6.16. The number of aryl methyl sites for hydroxylation is 2. The van der Waals surface area contributed by atoms with Crippen molar-refractivity contribution in [2.45, 2.75) is 39.0 Å². The Morgan fingerprint density at radius 2 is 1.83 bits per heavy atom. The minimum absolute atomic E-state index is 0.123. The number of nitrogens with one attached hydrogen (secondary N) is 2. The molecule has 4 heterocycles. The largest absolute Gasteiger partial charge is 0.497 e. The van der Waals surface area contributed by atoms with Gasteiger partial charge in [-0.25, -0.2) is 0 Å². The molecular weight excluding hydrogens is 588 g/mol. The van der Waals surface area contributed by atoms with Crippen molar-refractivity contribution in [3.05, 3.63) is 82.5 Å². The number of aromatic nitrogens is 1. The van der Waals surface area contributed by atoms with Crippen molar-refractivity contribution in [3.8, 4) is 23.0 Å². The average Bonchev–Trinajstić information content (AvgIpc) is 3.31. The lowest BCUT2D eigenvalue weighted by atomic mass is 9.99. The lowest BCUT2D eigenvalue weighted by Crippen LogP contribution is -2.58. The van der Waals surface area contributed by atoms with Crippen LogP contribution in [-0.2, 0) is 18.4 Å². The van der Waals surface area contributed by atoms with Crippen molar-refractivity contribution in [2.24, 2.45) is 7.05 Å². The molecule has 46 heavy (non-hydrogen) atoms. The first-order chi connectivity index (χ1) is 22.2. The van der Waals surface area contributed by atoms with Crippen LogP contribution in [0.2, 0.25) is 0 Å². The van der Waals surface area contributed by atoms with E-state index in [0.29, 0.717) is 47.1 Å². The molecule has 4 bridgehead atoms. The molecule has 3 aliphatic heterocycles. The summed E-state index contributed by atoms with van der Waals surface area (Å²) in [5.74, 6) is 1.44. The summed E-state index contributed by atoms with van der Waals surface area (Å²) in [5.41, 5.74) is 4.32. The summed E-state index contributed by atoms with van der Waals surface area (Å²) in [7, 11) is 5.10. The maximum atomic E-state index is 14.2. The van der Waals surface area contributed by atoms with Gasteiger partial charge in [-0.2, -0.15) is 0 Å². The molecule has 0 unspecified atom stereocenters. The number of carbonyl (C=O) groups excluding carboxylic acids is 3. The second-order valence-corrected chi connectivity index (χ2v) is 11.7. The van der Waals surface area contributed by atoms with Crippen molar-refractivity contribution in [2.75, 3.05) is 33.9 Å². The second kappa shape index (κ2) is 12.7. The maximum Gasteiger partial charge on any atom is 0.258 e. The molecule has 11 nitrogen and oxygen atoms in total. The number of benzene rings is 3. The molecule has 3 amide bonds. The Morgan fingerprint density at radius 1 is 1.00 bits per heavy atom. The molecule has 2 N–H and O–H groups in total. The number of likely N-dealkylation sites (tertiary alicyclic amines) is 1. The molecule has 0 radical (unpaired) electrons. The van der Waals surface area contributed by atoms with Crippen molar-refractivity contribution >= 4 is 28.6 Å². The molecule has 1 saturated heterocycles. The van der Waals surface area contributed by atoms with E-state index in [-0.39, 0.29) is 37.4 Å². The van der Waals surface area contributed by atoms with E-state index in [2.05, 4.69) is 10.6 Å². The van der Waals surface area contributed by atoms with Crippen molar-refractivity contribution in [1.29, 1.82) is 0 Å². The van der Waals surface area contributed by atoms with Gasteiger partial charge in [-0.3, -0.25) is 14.4 Å². The average molecular weight is 627 g/mol. The minimum atomic E-state index is -0.537.